The largest absolute Gasteiger partial charge is 0.481 e. The molecule has 23 heavy (non-hydrogen) atoms. The average Bonchev–Trinajstić information content (AvgIpc) is 3.36. The second-order valence-corrected chi connectivity index (χ2v) is 6.55. The minimum Gasteiger partial charge on any atom is -0.481 e. The van der Waals surface area contributed by atoms with E-state index >= 15 is 0 Å². The minimum atomic E-state index is -0.853. The van der Waals surface area contributed by atoms with Gasteiger partial charge in [0.05, 0.1) is 11.8 Å². The first-order chi connectivity index (χ1) is 11.1. The van der Waals surface area contributed by atoms with Crippen molar-refractivity contribution in [2.24, 2.45) is 17.8 Å². The zero-order valence-corrected chi connectivity index (χ0v) is 13.2. The zero-order chi connectivity index (χ0) is 16.2. The highest BCUT2D eigenvalue weighted by Gasteiger charge is 2.49. The molecule has 1 N–H and O–H groups in total. The van der Waals surface area contributed by atoms with Crippen molar-refractivity contribution in [2.45, 2.75) is 25.8 Å². The highest BCUT2D eigenvalue weighted by atomic mass is 16.5. The molecule has 3 rings (SSSR count). The van der Waals surface area contributed by atoms with E-state index < -0.39 is 11.9 Å². The smallest absolute Gasteiger partial charge is 0.307 e. The SMILES string of the molecule is O=C(O)[C@H]1C[C@@H]1C(=O)N(Cc1ccccc1)CC1CCOCC1. The van der Waals surface area contributed by atoms with Gasteiger partial charge in [-0.2, -0.15) is 0 Å². The Morgan fingerprint density at radius 3 is 2.43 bits per heavy atom. The van der Waals surface area contributed by atoms with Crippen molar-refractivity contribution in [2.75, 3.05) is 19.8 Å². The molecule has 0 bridgehead atoms. The normalized spacial score (nSPS) is 24.2. The first-order valence-electron chi connectivity index (χ1n) is 8.28. The average molecular weight is 317 g/mol. The van der Waals surface area contributed by atoms with Gasteiger partial charge in [0.1, 0.15) is 0 Å². The molecule has 2 fully saturated rings. The van der Waals surface area contributed by atoms with Crippen LogP contribution >= 0.6 is 0 Å². The Bertz CT molecular complexity index is 553. The van der Waals surface area contributed by atoms with Gasteiger partial charge in [-0.3, -0.25) is 9.59 Å². The lowest BCUT2D eigenvalue weighted by atomic mass is 9.99. The number of hydrogen-bond donors (Lipinski definition) is 1. The summed E-state index contributed by atoms with van der Waals surface area (Å²) in [6.07, 6.45) is 2.41. The molecule has 0 unspecified atom stereocenters. The van der Waals surface area contributed by atoms with E-state index in [1.807, 2.05) is 35.2 Å². The predicted molar refractivity (Wildman–Crippen MR) is 84.6 cm³/mol. The van der Waals surface area contributed by atoms with Crippen molar-refractivity contribution in [3.05, 3.63) is 35.9 Å². The summed E-state index contributed by atoms with van der Waals surface area (Å²) in [6, 6.07) is 9.89. The number of ether oxygens (including phenoxy) is 1. The van der Waals surface area contributed by atoms with Gasteiger partial charge in [0.15, 0.2) is 0 Å². The van der Waals surface area contributed by atoms with E-state index in [2.05, 4.69) is 0 Å². The maximum absolute atomic E-state index is 12.7. The van der Waals surface area contributed by atoms with Gasteiger partial charge in [-0.25, -0.2) is 0 Å². The molecule has 1 aromatic rings. The molecule has 5 nitrogen and oxygen atoms in total. The van der Waals surface area contributed by atoms with E-state index in [1.165, 1.54) is 0 Å². The van der Waals surface area contributed by atoms with Gasteiger partial charge in [0.2, 0.25) is 5.91 Å². The summed E-state index contributed by atoms with van der Waals surface area (Å²) >= 11 is 0. The quantitative estimate of drug-likeness (QED) is 0.873. The Balaban J connectivity index is 1.67. The molecule has 2 atom stereocenters. The Labute approximate surface area is 136 Å². The molecule has 1 aliphatic carbocycles. The number of carbonyl (C=O) groups is 2. The Morgan fingerprint density at radius 1 is 1.13 bits per heavy atom. The zero-order valence-electron chi connectivity index (χ0n) is 13.2. The lowest BCUT2D eigenvalue weighted by Gasteiger charge is -2.30. The molecule has 5 heteroatoms. The number of amides is 1. The van der Waals surface area contributed by atoms with Crippen LogP contribution in [0.3, 0.4) is 0 Å². The summed E-state index contributed by atoms with van der Waals surface area (Å²) in [5.41, 5.74) is 1.08. The molecule has 1 saturated carbocycles. The summed E-state index contributed by atoms with van der Waals surface area (Å²) in [4.78, 5) is 25.6. The Morgan fingerprint density at radius 2 is 1.83 bits per heavy atom. The fraction of sp³-hybridized carbons (Fsp3) is 0.556. The highest BCUT2D eigenvalue weighted by Crippen LogP contribution is 2.40. The van der Waals surface area contributed by atoms with Crippen LogP contribution in [0.1, 0.15) is 24.8 Å². The molecule has 1 aliphatic heterocycles. The first-order valence-corrected chi connectivity index (χ1v) is 8.28. The summed E-state index contributed by atoms with van der Waals surface area (Å²) in [6.45, 7) is 2.75. The van der Waals surface area contributed by atoms with Crippen molar-refractivity contribution < 1.29 is 19.4 Å². The molecule has 1 heterocycles. The maximum Gasteiger partial charge on any atom is 0.307 e. The lowest BCUT2D eigenvalue weighted by Crippen LogP contribution is -2.38. The van der Waals surface area contributed by atoms with E-state index in [-0.39, 0.29) is 11.8 Å². The number of carboxylic acids is 1. The van der Waals surface area contributed by atoms with Crippen LogP contribution < -0.4 is 0 Å². The van der Waals surface area contributed by atoms with Crippen LogP contribution in [-0.4, -0.2) is 41.6 Å². The molecule has 1 saturated heterocycles. The standard InChI is InChI=1S/C18H23NO4/c20-17(15-10-16(15)18(21)22)19(11-13-4-2-1-3-5-13)12-14-6-8-23-9-7-14/h1-5,14-16H,6-12H2,(H,21,22)/t15-,16-/m0/s1. The molecule has 0 radical (unpaired) electrons. The lowest BCUT2D eigenvalue weighted by molar-refractivity contribution is -0.142. The van der Waals surface area contributed by atoms with E-state index in [4.69, 9.17) is 9.84 Å². The van der Waals surface area contributed by atoms with Crippen LogP contribution in [0.5, 0.6) is 0 Å². The third-order valence-electron chi connectivity index (χ3n) is 4.77. The number of rotatable bonds is 6. The number of benzene rings is 1. The van der Waals surface area contributed by atoms with Crippen molar-refractivity contribution in [3.63, 3.8) is 0 Å². The Hall–Kier alpha value is -1.88. The van der Waals surface area contributed by atoms with Gasteiger partial charge in [0, 0.05) is 26.3 Å². The summed E-state index contributed by atoms with van der Waals surface area (Å²) in [5.74, 6) is -1.24. The molecule has 124 valence electrons. The van der Waals surface area contributed by atoms with Crippen molar-refractivity contribution in [1.29, 1.82) is 0 Å². The fourth-order valence-corrected chi connectivity index (χ4v) is 3.25. The van der Waals surface area contributed by atoms with Gasteiger partial charge in [-0.15, -0.1) is 0 Å². The van der Waals surface area contributed by atoms with E-state index in [1.54, 1.807) is 0 Å². The van der Waals surface area contributed by atoms with Gasteiger partial charge in [-0.1, -0.05) is 30.3 Å². The molecular weight excluding hydrogens is 294 g/mol. The van der Waals surface area contributed by atoms with Crippen LogP contribution in [0.25, 0.3) is 0 Å². The third kappa shape index (κ3) is 4.10. The van der Waals surface area contributed by atoms with E-state index in [0.29, 0.717) is 25.4 Å². The van der Waals surface area contributed by atoms with Crippen LogP contribution in [-0.2, 0) is 20.9 Å². The molecule has 1 amide bonds. The van der Waals surface area contributed by atoms with E-state index in [0.717, 1.165) is 31.6 Å². The Kier molecular flexibility index (Phi) is 4.96. The van der Waals surface area contributed by atoms with Crippen LogP contribution in [0.2, 0.25) is 0 Å². The van der Waals surface area contributed by atoms with Crippen molar-refractivity contribution in [1.82, 2.24) is 4.90 Å². The van der Waals surface area contributed by atoms with Gasteiger partial charge in [-0.05, 0) is 30.7 Å². The highest BCUT2D eigenvalue weighted by molar-refractivity contribution is 5.89. The minimum absolute atomic E-state index is 0.00672. The number of carboxylic acid groups (broad SMARTS) is 1. The van der Waals surface area contributed by atoms with Crippen molar-refractivity contribution >= 4 is 11.9 Å². The second kappa shape index (κ2) is 7.13. The molecule has 1 aromatic carbocycles. The number of hydrogen-bond acceptors (Lipinski definition) is 3. The van der Waals surface area contributed by atoms with Crippen LogP contribution in [0, 0.1) is 17.8 Å². The molecule has 0 spiro atoms. The molecule has 2 aliphatic rings. The number of carbonyl (C=O) groups excluding carboxylic acids is 1. The van der Waals surface area contributed by atoms with Crippen molar-refractivity contribution in [3.8, 4) is 0 Å². The van der Waals surface area contributed by atoms with Gasteiger partial charge in [0.25, 0.3) is 0 Å². The summed E-state index contributed by atoms with van der Waals surface area (Å²) in [7, 11) is 0. The summed E-state index contributed by atoms with van der Waals surface area (Å²) in [5, 5.41) is 9.08. The van der Waals surface area contributed by atoms with E-state index in [9.17, 15) is 9.59 Å². The van der Waals surface area contributed by atoms with Gasteiger partial charge >= 0.3 is 5.97 Å². The number of nitrogens with zero attached hydrogens (tertiary/aromatic N) is 1. The third-order valence-corrected chi connectivity index (χ3v) is 4.77. The second-order valence-electron chi connectivity index (χ2n) is 6.55. The fourth-order valence-electron chi connectivity index (χ4n) is 3.25. The number of aliphatic carboxylic acids is 1. The first kappa shape index (κ1) is 16.0. The molecular formula is C18H23NO4. The summed E-state index contributed by atoms with van der Waals surface area (Å²) < 4.78 is 5.39. The van der Waals surface area contributed by atoms with Gasteiger partial charge < -0.3 is 14.7 Å². The van der Waals surface area contributed by atoms with Crippen LogP contribution in [0.15, 0.2) is 30.3 Å². The molecule has 0 aromatic heterocycles. The predicted octanol–water partition coefficient (Wildman–Crippen LogP) is 2.16. The maximum atomic E-state index is 12.7. The van der Waals surface area contributed by atoms with Crippen LogP contribution in [0.4, 0.5) is 0 Å². The topological polar surface area (TPSA) is 66.8 Å². The monoisotopic (exact) mass is 317 g/mol.